The van der Waals surface area contributed by atoms with Gasteiger partial charge in [-0.25, -0.2) is 19.3 Å². The number of hydrogen-bond donors (Lipinski definition) is 0. The van der Waals surface area contributed by atoms with Crippen molar-refractivity contribution in [3.63, 3.8) is 0 Å². The van der Waals surface area contributed by atoms with Gasteiger partial charge >= 0.3 is 0 Å². The van der Waals surface area contributed by atoms with Gasteiger partial charge in [0, 0.05) is 16.7 Å². The molecule has 1 aromatic heterocycles. The number of hydrogen-bond acceptors (Lipinski definition) is 3. The smallest absolute Gasteiger partial charge is 0.180 e. The lowest BCUT2D eigenvalue weighted by Crippen LogP contribution is -2.75. The Hall–Kier alpha value is -6.30. The van der Waals surface area contributed by atoms with E-state index in [-0.39, 0.29) is 5.82 Å². The van der Waals surface area contributed by atoms with Crippen molar-refractivity contribution in [3.8, 4) is 56.4 Å². The van der Waals surface area contributed by atoms with Gasteiger partial charge in [-0.3, -0.25) is 0 Å². The SMILES string of the molecule is Fc1ccc([Si]2(c3ccc(-c4nc(-c5ccccc5)nc(-c5ccccc5)n4)cc3)c3ccccc3-c3ccccc3-c3ccccc32)cc1. The molecule has 0 spiro atoms. The van der Waals surface area contributed by atoms with Gasteiger partial charge in [-0.15, -0.1) is 0 Å². The third kappa shape index (κ3) is 4.90. The van der Waals surface area contributed by atoms with Crippen molar-refractivity contribution in [2.45, 2.75) is 0 Å². The molecule has 236 valence electrons. The Bertz CT molecular complexity index is 2360. The maximum absolute atomic E-state index is 14.6. The first-order chi connectivity index (χ1) is 24.7. The summed E-state index contributed by atoms with van der Waals surface area (Å²) in [6.45, 7) is 0. The van der Waals surface area contributed by atoms with Crippen molar-refractivity contribution >= 4 is 28.8 Å². The summed E-state index contributed by atoms with van der Waals surface area (Å²) >= 11 is 0. The van der Waals surface area contributed by atoms with Crippen molar-refractivity contribution in [3.05, 3.63) is 188 Å². The number of aromatic nitrogens is 3. The normalized spacial score (nSPS) is 12.7. The van der Waals surface area contributed by atoms with Crippen LogP contribution in [0.5, 0.6) is 0 Å². The van der Waals surface area contributed by atoms with Gasteiger partial charge in [-0.2, -0.15) is 0 Å². The molecule has 0 amide bonds. The predicted molar refractivity (Wildman–Crippen MR) is 204 cm³/mol. The summed E-state index contributed by atoms with van der Waals surface area (Å²) in [6, 6.07) is 62.2. The maximum atomic E-state index is 14.6. The largest absolute Gasteiger partial charge is 0.208 e. The summed E-state index contributed by atoms with van der Waals surface area (Å²) in [6.07, 6.45) is 0. The molecule has 0 unspecified atom stereocenters. The van der Waals surface area contributed by atoms with E-state index in [0.29, 0.717) is 17.5 Å². The van der Waals surface area contributed by atoms with Crippen LogP contribution in [0.4, 0.5) is 4.39 Å². The minimum Gasteiger partial charge on any atom is -0.208 e. The number of nitrogens with zero attached hydrogens (tertiary/aromatic N) is 3. The van der Waals surface area contributed by atoms with E-state index in [1.54, 1.807) is 12.1 Å². The van der Waals surface area contributed by atoms with Crippen LogP contribution in [0.25, 0.3) is 56.4 Å². The molecule has 5 heteroatoms. The van der Waals surface area contributed by atoms with Gasteiger partial charge in [0.2, 0.25) is 0 Å². The van der Waals surface area contributed by atoms with Crippen LogP contribution in [-0.2, 0) is 0 Å². The number of benzene rings is 7. The Balaban J connectivity index is 1.29. The molecule has 1 aliphatic rings. The molecule has 3 nitrogen and oxygen atoms in total. The second-order valence-electron chi connectivity index (χ2n) is 12.5. The lowest BCUT2D eigenvalue weighted by molar-refractivity contribution is 0.628. The highest BCUT2D eigenvalue weighted by atomic mass is 28.3. The lowest BCUT2D eigenvalue weighted by atomic mass is 9.95. The van der Waals surface area contributed by atoms with E-state index in [4.69, 9.17) is 15.0 Å². The Morgan fingerprint density at radius 3 is 1.10 bits per heavy atom. The summed E-state index contributed by atoms with van der Waals surface area (Å²) in [5, 5.41) is 4.86. The number of rotatable bonds is 5. The molecule has 0 radical (unpaired) electrons. The second kappa shape index (κ2) is 12.3. The van der Waals surface area contributed by atoms with Gasteiger partial charge in [0.15, 0.2) is 25.5 Å². The molecular formula is C45H30FN3Si. The Labute approximate surface area is 291 Å². The molecule has 0 aliphatic carbocycles. The van der Waals surface area contributed by atoms with Crippen LogP contribution in [0.1, 0.15) is 0 Å². The first kappa shape index (κ1) is 29.8. The lowest BCUT2D eigenvalue weighted by Gasteiger charge is -2.35. The standard InChI is InChI=1S/C45H30FN3Si/c46-34-25-29-36(30-26-34)50(41-21-11-9-19-39(41)37-17-7-8-18-38(37)40-20-10-12-22-42(40)50)35-27-23-33(24-28-35)45-48-43(31-13-3-1-4-14-31)47-44(49-45)32-15-5-2-6-16-32/h1-30H. The number of fused-ring (bicyclic) bond motifs is 5. The zero-order chi connectivity index (χ0) is 33.5. The van der Waals surface area contributed by atoms with Crippen molar-refractivity contribution in [2.75, 3.05) is 0 Å². The van der Waals surface area contributed by atoms with Gasteiger partial charge in [-0.05, 0) is 55.1 Å². The third-order valence-electron chi connectivity index (χ3n) is 9.72. The first-order valence-electron chi connectivity index (χ1n) is 16.7. The molecule has 0 bridgehead atoms. The minimum atomic E-state index is -3.02. The molecule has 50 heavy (non-hydrogen) atoms. The van der Waals surface area contributed by atoms with Crippen molar-refractivity contribution in [2.24, 2.45) is 0 Å². The van der Waals surface area contributed by atoms with Crippen LogP contribution in [0.15, 0.2) is 182 Å². The second-order valence-corrected chi connectivity index (χ2v) is 16.2. The van der Waals surface area contributed by atoms with Gasteiger partial charge in [0.1, 0.15) is 5.82 Å². The summed E-state index contributed by atoms with van der Waals surface area (Å²) in [5.41, 5.74) is 7.57. The molecule has 0 fully saturated rings. The zero-order valence-electron chi connectivity index (χ0n) is 27.0. The predicted octanol–water partition coefficient (Wildman–Crippen LogP) is 8.04. The maximum Gasteiger partial charge on any atom is 0.180 e. The van der Waals surface area contributed by atoms with Gasteiger partial charge in [0.05, 0.1) is 0 Å². The molecule has 9 rings (SSSR count). The van der Waals surface area contributed by atoms with E-state index in [9.17, 15) is 4.39 Å². The molecule has 2 heterocycles. The molecule has 7 aromatic carbocycles. The van der Waals surface area contributed by atoms with E-state index < -0.39 is 8.07 Å². The monoisotopic (exact) mass is 659 g/mol. The summed E-state index contributed by atoms with van der Waals surface area (Å²) in [4.78, 5) is 14.9. The zero-order valence-corrected chi connectivity index (χ0v) is 28.0. The van der Waals surface area contributed by atoms with Crippen LogP contribution < -0.4 is 20.7 Å². The third-order valence-corrected chi connectivity index (χ3v) is 14.6. The minimum absolute atomic E-state index is 0.245. The highest BCUT2D eigenvalue weighted by molar-refractivity contribution is 7.21. The average Bonchev–Trinajstić information content (AvgIpc) is 3.30. The van der Waals surface area contributed by atoms with Crippen LogP contribution in [-0.4, -0.2) is 23.0 Å². The summed E-state index contributed by atoms with van der Waals surface area (Å²) in [7, 11) is -3.02. The molecule has 8 aromatic rings. The molecule has 1 aliphatic heterocycles. The summed E-state index contributed by atoms with van der Waals surface area (Å²) < 4.78 is 14.6. The van der Waals surface area contributed by atoms with Crippen LogP contribution in [0.2, 0.25) is 0 Å². The summed E-state index contributed by atoms with van der Waals surface area (Å²) in [5.74, 6) is 1.61. The fourth-order valence-electron chi connectivity index (χ4n) is 7.48. The van der Waals surface area contributed by atoms with Crippen molar-refractivity contribution in [1.29, 1.82) is 0 Å². The fraction of sp³-hybridized carbons (Fsp3) is 0. The fourth-order valence-corrected chi connectivity index (χ4v) is 12.6. The van der Waals surface area contributed by atoms with E-state index in [1.807, 2.05) is 72.8 Å². The Morgan fingerprint density at radius 1 is 0.320 bits per heavy atom. The van der Waals surface area contributed by atoms with E-state index in [1.165, 1.54) is 37.8 Å². The molecule has 0 N–H and O–H groups in total. The highest BCUT2D eigenvalue weighted by Gasteiger charge is 2.46. The van der Waals surface area contributed by atoms with Crippen LogP contribution >= 0.6 is 0 Å². The topological polar surface area (TPSA) is 38.7 Å². The first-order valence-corrected chi connectivity index (χ1v) is 18.7. The van der Waals surface area contributed by atoms with Gasteiger partial charge in [-0.1, -0.05) is 170 Å². The van der Waals surface area contributed by atoms with Crippen molar-refractivity contribution < 1.29 is 4.39 Å². The number of halogens is 1. The highest BCUT2D eigenvalue weighted by Crippen LogP contribution is 2.36. The van der Waals surface area contributed by atoms with Crippen LogP contribution in [0.3, 0.4) is 0 Å². The van der Waals surface area contributed by atoms with Crippen LogP contribution in [0, 0.1) is 5.82 Å². The van der Waals surface area contributed by atoms with E-state index in [0.717, 1.165) is 21.9 Å². The molecule has 0 atom stereocenters. The van der Waals surface area contributed by atoms with Gasteiger partial charge < -0.3 is 0 Å². The quantitative estimate of drug-likeness (QED) is 0.176. The average molecular weight is 660 g/mol. The Morgan fingerprint density at radius 2 is 0.660 bits per heavy atom. The Kier molecular flexibility index (Phi) is 7.33. The molecule has 0 saturated heterocycles. The van der Waals surface area contributed by atoms with E-state index in [2.05, 4.69) is 97.1 Å². The van der Waals surface area contributed by atoms with Gasteiger partial charge in [0.25, 0.3) is 0 Å². The van der Waals surface area contributed by atoms with Crippen molar-refractivity contribution in [1.82, 2.24) is 15.0 Å². The molecule has 0 saturated carbocycles. The van der Waals surface area contributed by atoms with E-state index >= 15 is 0 Å². The molecular weight excluding hydrogens is 630 g/mol.